The second-order valence-electron chi connectivity index (χ2n) is 7.09. The van der Waals surface area contributed by atoms with Crippen LogP contribution in [0.25, 0.3) is 10.9 Å². The Labute approximate surface area is 193 Å². The molecule has 0 saturated carbocycles. The van der Waals surface area contributed by atoms with Crippen LogP contribution in [0, 0.1) is 11.3 Å². The van der Waals surface area contributed by atoms with Gasteiger partial charge in [-0.2, -0.15) is 10.4 Å². The van der Waals surface area contributed by atoms with Gasteiger partial charge in [-0.05, 0) is 42.0 Å². The van der Waals surface area contributed by atoms with Crippen molar-refractivity contribution in [2.24, 2.45) is 5.10 Å². The minimum absolute atomic E-state index is 0.364. The van der Waals surface area contributed by atoms with Crippen LogP contribution in [0.3, 0.4) is 0 Å². The Balaban J connectivity index is 1.59. The van der Waals surface area contributed by atoms with Crippen LogP contribution in [0.15, 0.2) is 82.5 Å². The molecular weight excluding hydrogens is 468 g/mol. The first-order chi connectivity index (χ1) is 15.6. The van der Waals surface area contributed by atoms with E-state index in [1.165, 1.54) is 7.11 Å². The fourth-order valence-electron chi connectivity index (χ4n) is 3.52. The van der Waals surface area contributed by atoms with Crippen molar-refractivity contribution in [2.45, 2.75) is 6.54 Å². The summed E-state index contributed by atoms with van der Waals surface area (Å²) in [5.41, 5.74) is 6.53. The number of fused-ring (bicyclic) bond motifs is 1. The van der Waals surface area contributed by atoms with E-state index in [9.17, 15) is 4.79 Å². The summed E-state index contributed by atoms with van der Waals surface area (Å²) in [6.45, 7) is 0.617. The van der Waals surface area contributed by atoms with E-state index < -0.39 is 0 Å². The monoisotopic (exact) mass is 486 g/mol. The first-order valence-corrected chi connectivity index (χ1v) is 10.6. The molecule has 0 spiro atoms. The fourth-order valence-corrected chi connectivity index (χ4v) is 3.88. The van der Waals surface area contributed by atoms with Gasteiger partial charge in [0.25, 0.3) is 5.91 Å². The molecule has 6 nitrogen and oxygen atoms in total. The molecule has 1 heterocycles. The van der Waals surface area contributed by atoms with Crippen molar-refractivity contribution in [2.75, 3.05) is 7.11 Å². The molecule has 4 rings (SSSR count). The number of hydrogen-bond acceptors (Lipinski definition) is 4. The SMILES string of the molecule is COc1ccc(Br)cc1C(=O)N/N=C\c1cn(Cc2cccc(C#N)c2)c2ccccc12. The molecule has 1 N–H and O–H groups in total. The lowest BCUT2D eigenvalue weighted by Crippen LogP contribution is -2.18. The molecule has 7 heteroatoms. The van der Waals surface area contributed by atoms with Crippen LogP contribution in [-0.2, 0) is 6.54 Å². The molecule has 0 fully saturated rings. The highest BCUT2D eigenvalue weighted by atomic mass is 79.9. The molecular formula is C25H19BrN4O2. The largest absolute Gasteiger partial charge is 0.496 e. The molecule has 0 radical (unpaired) electrons. The van der Waals surface area contributed by atoms with E-state index in [0.717, 1.165) is 26.5 Å². The van der Waals surface area contributed by atoms with E-state index in [0.29, 0.717) is 23.4 Å². The zero-order chi connectivity index (χ0) is 22.5. The minimum Gasteiger partial charge on any atom is -0.496 e. The smallest absolute Gasteiger partial charge is 0.275 e. The van der Waals surface area contributed by atoms with Gasteiger partial charge >= 0.3 is 0 Å². The maximum Gasteiger partial charge on any atom is 0.275 e. The van der Waals surface area contributed by atoms with Gasteiger partial charge < -0.3 is 9.30 Å². The van der Waals surface area contributed by atoms with Crippen LogP contribution in [0.4, 0.5) is 0 Å². The number of rotatable bonds is 6. The van der Waals surface area contributed by atoms with Crippen LogP contribution < -0.4 is 10.2 Å². The average molecular weight is 487 g/mol. The number of benzene rings is 3. The third-order valence-corrected chi connectivity index (χ3v) is 5.50. The zero-order valence-electron chi connectivity index (χ0n) is 17.2. The number of para-hydroxylation sites is 1. The molecule has 0 unspecified atom stereocenters. The fraction of sp³-hybridized carbons (Fsp3) is 0.0800. The Bertz CT molecular complexity index is 1370. The summed E-state index contributed by atoms with van der Waals surface area (Å²) in [6, 6.07) is 22.9. The second-order valence-corrected chi connectivity index (χ2v) is 8.00. The van der Waals surface area contributed by atoms with E-state index >= 15 is 0 Å². The number of carbonyl (C=O) groups is 1. The van der Waals surface area contributed by atoms with Crippen molar-refractivity contribution in [3.63, 3.8) is 0 Å². The Hall–Kier alpha value is -3.89. The van der Waals surface area contributed by atoms with Crippen molar-refractivity contribution in [1.29, 1.82) is 5.26 Å². The van der Waals surface area contributed by atoms with Crippen LogP contribution in [-0.4, -0.2) is 23.8 Å². The van der Waals surface area contributed by atoms with Crippen molar-refractivity contribution in [1.82, 2.24) is 9.99 Å². The average Bonchev–Trinajstić information content (AvgIpc) is 3.16. The number of halogens is 1. The van der Waals surface area contributed by atoms with Crippen LogP contribution in [0.5, 0.6) is 5.75 Å². The maximum absolute atomic E-state index is 12.6. The molecule has 32 heavy (non-hydrogen) atoms. The lowest BCUT2D eigenvalue weighted by atomic mass is 10.1. The Morgan fingerprint density at radius 2 is 2.03 bits per heavy atom. The molecule has 0 bridgehead atoms. The normalized spacial score (nSPS) is 10.9. The molecule has 0 aliphatic heterocycles. The number of nitriles is 1. The van der Waals surface area contributed by atoms with Gasteiger partial charge in [0.1, 0.15) is 5.75 Å². The quantitative estimate of drug-likeness (QED) is 0.304. The summed E-state index contributed by atoms with van der Waals surface area (Å²) in [5, 5.41) is 14.3. The number of carbonyl (C=O) groups excluding carboxylic acids is 1. The van der Waals surface area contributed by atoms with Crippen molar-refractivity contribution in [3.8, 4) is 11.8 Å². The molecule has 158 valence electrons. The highest BCUT2D eigenvalue weighted by Crippen LogP contribution is 2.23. The third-order valence-electron chi connectivity index (χ3n) is 5.00. The minimum atomic E-state index is -0.364. The Morgan fingerprint density at radius 1 is 1.19 bits per heavy atom. The molecule has 4 aromatic rings. The number of nitrogens with one attached hydrogen (secondary N) is 1. The predicted octanol–water partition coefficient (Wildman–Crippen LogP) is 5.10. The summed E-state index contributed by atoms with van der Waals surface area (Å²) in [6.07, 6.45) is 3.62. The van der Waals surface area contributed by atoms with E-state index in [1.807, 2.05) is 48.7 Å². The van der Waals surface area contributed by atoms with E-state index in [1.54, 1.807) is 30.5 Å². The van der Waals surface area contributed by atoms with E-state index in [2.05, 4.69) is 37.1 Å². The summed E-state index contributed by atoms with van der Waals surface area (Å²) in [4.78, 5) is 12.6. The van der Waals surface area contributed by atoms with Gasteiger partial charge in [-0.25, -0.2) is 5.43 Å². The van der Waals surface area contributed by atoms with Crippen molar-refractivity contribution in [3.05, 3.63) is 99.7 Å². The lowest BCUT2D eigenvalue weighted by molar-refractivity contribution is 0.0952. The first kappa shape index (κ1) is 21.3. The molecule has 0 atom stereocenters. The summed E-state index contributed by atoms with van der Waals surface area (Å²) in [7, 11) is 1.52. The number of nitrogens with zero attached hydrogens (tertiary/aromatic N) is 3. The zero-order valence-corrected chi connectivity index (χ0v) is 18.8. The summed E-state index contributed by atoms with van der Waals surface area (Å²) in [5.74, 6) is 0.105. The standard InChI is InChI=1S/C25H19BrN4O2/c1-32-24-10-9-20(26)12-22(24)25(31)29-28-14-19-16-30(23-8-3-2-7-21(19)23)15-18-6-4-5-17(11-18)13-27/h2-12,14,16H,15H2,1H3,(H,29,31)/b28-14-. The Morgan fingerprint density at radius 3 is 2.84 bits per heavy atom. The number of methoxy groups -OCH3 is 1. The van der Waals surface area contributed by atoms with Gasteiger partial charge in [-0.3, -0.25) is 4.79 Å². The number of aromatic nitrogens is 1. The molecule has 1 amide bonds. The van der Waals surface area contributed by atoms with Crippen molar-refractivity contribution < 1.29 is 9.53 Å². The van der Waals surface area contributed by atoms with E-state index in [-0.39, 0.29) is 5.91 Å². The molecule has 3 aromatic carbocycles. The topological polar surface area (TPSA) is 79.4 Å². The molecule has 0 saturated heterocycles. The van der Waals surface area contributed by atoms with Gasteiger partial charge in [0, 0.05) is 33.7 Å². The molecule has 0 aliphatic rings. The number of hydrogen-bond donors (Lipinski definition) is 1. The van der Waals surface area contributed by atoms with E-state index in [4.69, 9.17) is 10.00 Å². The predicted molar refractivity (Wildman–Crippen MR) is 128 cm³/mol. The molecule has 1 aromatic heterocycles. The third kappa shape index (κ3) is 4.56. The van der Waals surface area contributed by atoms with Crippen molar-refractivity contribution >= 4 is 39.0 Å². The van der Waals surface area contributed by atoms with Gasteiger partial charge in [0.15, 0.2) is 0 Å². The van der Waals surface area contributed by atoms with Gasteiger partial charge in [-0.1, -0.05) is 46.3 Å². The highest BCUT2D eigenvalue weighted by molar-refractivity contribution is 9.10. The maximum atomic E-state index is 12.6. The highest BCUT2D eigenvalue weighted by Gasteiger charge is 2.12. The summed E-state index contributed by atoms with van der Waals surface area (Å²) < 4.78 is 8.14. The van der Waals surface area contributed by atoms with Gasteiger partial charge in [0.05, 0.1) is 30.5 Å². The van der Waals surface area contributed by atoms with Crippen LogP contribution in [0.1, 0.15) is 27.0 Å². The van der Waals surface area contributed by atoms with Gasteiger partial charge in [-0.15, -0.1) is 0 Å². The first-order valence-electron chi connectivity index (χ1n) is 9.83. The Kier molecular flexibility index (Phi) is 6.34. The van der Waals surface area contributed by atoms with Crippen LogP contribution in [0.2, 0.25) is 0 Å². The van der Waals surface area contributed by atoms with Gasteiger partial charge in [0.2, 0.25) is 0 Å². The second kappa shape index (κ2) is 9.50. The summed E-state index contributed by atoms with van der Waals surface area (Å²) >= 11 is 3.37. The number of hydrazone groups is 1. The lowest BCUT2D eigenvalue weighted by Gasteiger charge is -2.07. The number of ether oxygens (including phenoxy) is 1. The van der Waals surface area contributed by atoms with Crippen LogP contribution >= 0.6 is 15.9 Å². The molecule has 0 aliphatic carbocycles. The number of amides is 1.